The molecule has 0 saturated carbocycles. The van der Waals surface area contributed by atoms with Crippen molar-refractivity contribution in [2.45, 2.75) is 39.2 Å². The molecule has 0 aliphatic heterocycles. The molecule has 15 heavy (non-hydrogen) atoms. The molecule has 0 aromatic carbocycles. The fraction of sp³-hybridized carbons (Fsp3) is 0.636. The maximum absolute atomic E-state index is 5.98. The van der Waals surface area contributed by atoms with E-state index in [9.17, 15) is 0 Å². The minimum absolute atomic E-state index is 0.174. The van der Waals surface area contributed by atoms with Crippen molar-refractivity contribution in [1.82, 2.24) is 9.97 Å². The fourth-order valence-corrected chi connectivity index (χ4v) is 1.60. The van der Waals surface area contributed by atoms with Crippen LogP contribution in [0.1, 0.15) is 31.0 Å². The first-order valence-corrected chi connectivity index (χ1v) is 5.29. The van der Waals surface area contributed by atoms with Crippen LogP contribution in [0, 0.1) is 6.92 Å². The van der Waals surface area contributed by atoms with Crippen LogP contribution < -0.4 is 10.5 Å². The molecule has 0 saturated heterocycles. The molecular formula is C11H19N3O. The molecule has 4 heteroatoms. The molecule has 0 aliphatic carbocycles. The predicted octanol–water partition coefficient (Wildman–Crippen LogP) is 1.46. The van der Waals surface area contributed by atoms with Crippen LogP contribution >= 0.6 is 0 Å². The van der Waals surface area contributed by atoms with Gasteiger partial charge in [-0.05, 0) is 13.3 Å². The van der Waals surface area contributed by atoms with E-state index in [1.807, 2.05) is 6.92 Å². The lowest BCUT2D eigenvalue weighted by Crippen LogP contribution is -2.23. The Balaban J connectivity index is 2.76. The zero-order valence-electron chi connectivity index (χ0n) is 9.66. The van der Waals surface area contributed by atoms with Crippen molar-refractivity contribution in [1.29, 1.82) is 0 Å². The molecular weight excluding hydrogens is 190 g/mol. The van der Waals surface area contributed by atoms with Gasteiger partial charge in [0.2, 0.25) is 5.88 Å². The van der Waals surface area contributed by atoms with Crippen LogP contribution in [0.3, 0.4) is 0 Å². The number of nitrogens with zero attached hydrogens (tertiary/aromatic N) is 2. The van der Waals surface area contributed by atoms with Gasteiger partial charge in [0.05, 0.1) is 12.8 Å². The van der Waals surface area contributed by atoms with Gasteiger partial charge in [-0.3, -0.25) is 0 Å². The molecule has 0 aliphatic rings. The summed E-state index contributed by atoms with van der Waals surface area (Å²) in [5.41, 5.74) is 7.96. The lowest BCUT2D eigenvalue weighted by atomic mass is 10.0. The second-order valence-corrected chi connectivity index (χ2v) is 3.71. The van der Waals surface area contributed by atoms with E-state index in [4.69, 9.17) is 10.5 Å². The van der Waals surface area contributed by atoms with Crippen molar-refractivity contribution in [3.05, 3.63) is 17.6 Å². The SMILES string of the molecule is CCCC(N)Cc1ncnc(OC)c1C. The number of aromatic nitrogens is 2. The van der Waals surface area contributed by atoms with Gasteiger partial charge in [-0.2, -0.15) is 0 Å². The molecule has 4 nitrogen and oxygen atoms in total. The number of rotatable bonds is 5. The molecule has 0 bridgehead atoms. The second kappa shape index (κ2) is 5.66. The Kier molecular flexibility index (Phi) is 4.49. The summed E-state index contributed by atoms with van der Waals surface area (Å²) in [4.78, 5) is 8.27. The summed E-state index contributed by atoms with van der Waals surface area (Å²) >= 11 is 0. The topological polar surface area (TPSA) is 61.0 Å². The molecule has 1 heterocycles. The summed E-state index contributed by atoms with van der Waals surface area (Å²) in [5, 5.41) is 0. The molecule has 1 atom stereocenters. The highest BCUT2D eigenvalue weighted by molar-refractivity contribution is 5.28. The quantitative estimate of drug-likeness (QED) is 0.797. The Morgan fingerprint density at radius 1 is 1.47 bits per heavy atom. The molecule has 2 N–H and O–H groups in total. The first-order chi connectivity index (χ1) is 7.19. The van der Waals surface area contributed by atoms with E-state index in [1.165, 1.54) is 6.33 Å². The van der Waals surface area contributed by atoms with Gasteiger partial charge in [-0.15, -0.1) is 0 Å². The van der Waals surface area contributed by atoms with E-state index < -0.39 is 0 Å². The maximum Gasteiger partial charge on any atom is 0.219 e. The van der Waals surface area contributed by atoms with Crippen LogP contribution in [0.4, 0.5) is 0 Å². The molecule has 0 amide bonds. The van der Waals surface area contributed by atoms with Gasteiger partial charge < -0.3 is 10.5 Å². The molecule has 0 spiro atoms. The first-order valence-electron chi connectivity index (χ1n) is 5.29. The lowest BCUT2D eigenvalue weighted by Gasteiger charge is -2.12. The van der Waals surface area contributed by atoms with Crippen molar-refractivity contribution in [2.24, 2.45) is 5.73 Å². The molecule has 1 unspecified atom stereocenters. The van der Waals surface area contributed by atoms with Crippen LogP contribution in [-0.2, 0) is 6.42 Å². The van der Waals surface area contributed by atoms with Gasteiger partial charge in [0.15, 0.2) is 0 Å². The number of hydrogen-bond donors (Lipinski definition) is 1. The normalized spacial score (nSPS) is 12.5. The van der Waals surface area contributed by atoms with Crippen LogP contribution in [0.2, 0.25) is 0 Å². The van der Waals surface area contributed by atoms with E-state index in [0.29, 0.717) is 5.88 Å². The summed E-state index contributed by atoms with van der Waals surface area (Å²) in [5.74, 6) is 0.642. The molecule has 0 radical (unpaired) electrons. The minimum atomic E-state index is 0.174. The molecule has 84 valence electrons. The highest BCUT2D eigenvalue weighted by Gasteiger charge is 2.10. The van der Waals surface area contributed by atoms with Crippen molar-refractivity contribution in [2.75, 3.05) is 7.11 Å². The van der Waals surface area contributed by atoms with Gasteiger partial charge in [0.1, 0.15) is 6.33 Å². The van der Waals surface area contributed by atoms with Crippen LogP contribution in [-0.4, -0.2) is 23.1 Å². The Morgan fingerprint density at radius 2 is 2.20 bits per heavy atom. The number of ether oxygens (including phenoxy) is 1. The molecule has 0 fully saturated rings. The van der Waals surface area contributed by atoms with E-state index >= 15 is 0 Å². The summed E-state index contributed by atoms with van der Waals surface area (Å²) in [7, 11) is 1.62. The van der Waals surface area contributed by atoms with Gasteiger partial charge in [0, 0.05) is 18.0 Å². The van der Waals surface area contributed by atoms with Gasteiger partial charge in [0.25, 0.3) is 0 Å². The Hall–Kier alpha value is -1.16. The van der Waals surface area contributed by atoms with Gasteiger partial charge in [-0.1, -0.05) is 13.3 Å². The minimum Gasteiger partial charge on any atom is -0.481 e. The Labute approximate surface area is 90.9 Å². The number of nitrogens with two attached hydrogens (primary N) is 1. The third-order valence-electron chi connectivity index (χ3n) is 2.45. The van der Waals surface area contributed by atoms with Crippen LogP contribution in [0.5, 0.6) is 5.88 Å². The predicted molar refractivity (Wildman–Crippen MR) is 59.9 cm³/mol. The number of hydrogen-bond acceptors (Lipinski definition) is 4. The van der Waals surface area contributed by atoms with E-state index in [1.54, 1.807) is 7.11 Å². The average molecular weight is 209 g/mol. The maximum atomic E-state index is 5.98. The van der Waals surface area contributed by atoms with Crippen molar-refractivity contribution < 1.29 is 4.74 Å². The summed E-state index contributed by atoms with van der Waals surface area (Å²) in [6, 6.07) is 0.174. The summed E-state index contributed by atoms with van der Waals surface area (Å²) in [6.45, 7) is 4.10. The van der Waals surface area contributed by atoms with E-state index in [2.05, 4.69) is 16.9 Å². The van der Waals surface area contributed by atoms with Crippen molar-refractivity contribution in [3.8, 4) is 5.88 Å². The van der Waals surface area contributed by atoms with Crippen molar-refractivity contribution >= 4 is 0 Å². The number of methoxy groups -OCH3 is 1. The largest absolute Gasteiger partial charge is 0.481 e. The van der Waals surface area contributed by atoms with Crippen LogP contribution in [0.15, 0.2) is 6.33 Å². The summed E-state index contributed by atoms with van der Waals surface area (Å²) in [6.07, 6.45) is 4.44. The average Bonchev–Trinajstić information content (AvgIpc) is 2.21. The smallest absolute Gasteiger partial charge is 0.219 e. The Bertz CT molecular complexity index is 315. The highest BCUT2D eigenvalue weighted by atomic mass is 16.5. The monoisotopic (exact) mass is 209 g/mol. The van der Waals surface area contributed by atoms with Crippen LogP contribution in [0.25, 0.3) is 0 Å². The van der Waals surface area contributed by atoms with E-state index in [-0.39, 0.29) is 6.04 Å². The fourth-order valence-electron chi connectivity index (χ4n) is 1.60. The van der Waals surface area contributed by atoms with E-state index in [0.717, 1.165) is 30.5 Å². The van der Waals surface area contributed by atoms with Crippen molar-refractivity contribution in [3.63, 3.8) is 0 Å². The molecule has 1 aromatic heterocycles. The Morgan fingerprint density at radius 3 is 2.80 bits per heavy atom. The zero-order valence-corrected chi connectivity index (χ0v) is 9.66. The van der Waals surface area contributed by atoms with Gasteiger partial charge in [-0.25, -0.2) is 9.97 Å². The first kappa shape index (κ1) is 11.9. The lowest BCUT2D eigenvalue weighted by molar-refractivity contribution is 0.391. The highest BCUT2D eigenvalue weighted by Crippen LogP contribution is 2.17. The summed E-state index contributed by atoms with van der Waals surface area (Å²) < 4.78 is 5.14. The standard InChI is InChI=1S/C11H19N3O/c1-4-5-9(12)6-10-8(2)11(15-3)14-7-13-10/h7,9H,4-6,12H2,1-3H3. The second-order valence-electron chi connectivity index (χ2n) is 3.71. The third kappa shape index (κ3) is 3.16. The molecule has 1 rings (SSSR count). The zero-order chi connectivity index (χ0) is 11.3. The van der Waals surface area contributed by atoms with Gasteiger partial charge >= 0.3 is 0 Å². The molecule has 1 aromatic rings. The third-order valence-corrected chi connectivity index (χ3v) is 2.45.